The molecule has 0 atom stereocenters. The van der Waals surface area contributed by atoms with Crippen LogP contribution in [0.25, 0.3) is 0 Å². The molecule has 108 valence electrons. The number of halogens is 1. The molecule has 0 unspecified atom stereocenters. The molecule has 0 aliphatic heterocycles. The molecule has 4 heteroatoms. The Hall–Kier alpha value is -1.61. The molecule has 0 bridgehead atoms. The molecule has 4 rings (SSSR count). The van der Waals surface area contributed by atoms with Gasteiger partial charge in [-0.25, -0.2) is 9.97 Å². The van der Waals surface area contributed by atoms with Crippen LogP contribution < -0.4 is 4.74 Å². The molecule has 2 aromatic rings. The third kappa shape index (κ3) is 2.03. The lowest BCUT2D eigenvalue weighted by Gasteiger charge is -2.17. The zero-order valence-electron chi connectivity index (χ0n) is 12.0. The van der Waals surface area contributed by atoms with E-state index in [0.29, 0.717) is 0 Å². The van der Waals surface area contributed by atoms with E-state index in [1.165, 1.54) is 17.7 Å². The summed E-state index contributed by atoms with van der Waals surface area (Å²) in [4.78, 5) is 9.49. The highest BCUT2D eigenvalue weighted by atomic mass is 35.5. The number of hydrogen-bond donors (Lipinski definition) is 0. The molecule has 0 spiro atoms. The Morgan fingerprint density at radius 2 is 2.10 bits per heavy atom. The maximum atomic E-state index is 6.46. The topological polar surface area (TPSA) is 35.0 Å². The summed E-state index contributed by atoms with van der Waals surface area (Å²) in [5, 5.41) is 0.746. The normalized spacial score (nSPS) is 18.4. The van der Waals surface area contributed by atoms with E-state index < -0.39 is 0 Å². The van der Waals surface area contributed by atoms with E-state index in [4.69, 9.17) is 21.3 Å². The number of benzene rings is 1. The lowest BCUT2D eigenvalue weighted by atomic mass is 9.94. The molecule has 1 heterocycles. The Morgan fingerprint density at radius 3 is 2.81 bits per heavy atom. The van der Waals surface area contributed by atoms with Gasteiger partial charge >= 0.3 is 0 Å². The highest BCUT2D eigenvalue weighted by Gasteiger charge is 2.50. The van der Waals surface area contributed by atoms with Crippen LogP contribution in [0.1, 0.15) is 41.9 Å². The maximum absolute atomic E-state index is 6.46. The molecule has 1 fully saturated rings. The van der Waals surface area contributed by atoms with Crippen molar-refractivity contribution in [3.8, 4) is 5.75 Å². The monoisotopic (exact) mass is 300 g/mol. The number of ether oxygens (including phenoxy) is 1. The van der Waals surface area contributed by atoms with E-state index in [2.05, 4.69) is 11.1 Å². The predicted octanol–water partition coefficient (Wildman–Crippen LogP) is 3.71. The molecule has 21 heavy (non-hydrogen) atoms. The first kappa shape index (κ1) is 13.1. The van der Waals surface area contributed by atoms with Gasteiger partial charge in [0.15, 0.2) is 0 Å². The SMILES string of the molecule is COc1ccc(C2(c3ncc4c(n3)CCC4)CC2)c(Cl)c1. The summed E-state index contributed by atoms with van der Waals surface area (Å²) < 4.78 is 5.23. The first-order valence-electron chi connectivity index (χ1n) is 7.42. The van der Waals surface area contributed by atoms with Crippen molar-refractivity contribution in [3.05, 3.63) is 52.1 Å². The predicted molar refractivity (Wildman–Crippen MR) is 82.1 cm³/mol. The van der Waals surface area contributed by atoms with Crippen LogP contribution in [0.2, 0.25) is 5.02 Å². The molecule has 1 saturated carbocycles. The number of nitrogens with zero attached hydrogens (tertiary/aromatic N) is 2. The second-order valence-electron chi connectivity index (χ2n) is 5.95. The van der Waals surface area contributed by atoms with Gasteiger partial charge in [0.2, 0.25) is 0 Å². The third-order valence-corrected chi connectivity index (χ3v) is 5.00. The summed E-state index contributed by atoms with van der Waals surface area (Å²) >= 11 is 6.46. The molecule has 0 amide bonds. The van der Waals surface area contributed by atoms with E-state index in [9.17, 15) is 0 Å². The summed E-state index contributed by atoms with van der Waals surface area (Å²) in [6.07, 6.45) is 7.55. The van der Waals surface area contributed by atoms with Crippen molar-refractivity contribution in [2.24, 2.45) is 0 Å². The summed E-state index contributed by atoms with van der Waals surface area (Å²) in [5.74, 6) is 1.73. The maximum Gasteiger partial charge on any atom is 0.139 e. The minimum absolute atomic E-state index is 0.0824. The van der Waals surface area contributed by atoms with Crippen molar-refractivity contribution in [1.82, 2.24) is 9.97 Å². The van der Waals surface area contributed by atoms with Crippen LogP contribution in [0.5, 0.6) is 5.75 Å². The Bertz CT molecular complexity index is 710. The fourth-order valence-electron chi connectivity index (χ4n) is 3.29. The number of rotatable bonds is 3. The molecule has 0 N–H and O–H groups in total. The Kier molecular flexibility index (Phi) is 2.93. The van der Waals surface area contributed by atoms with Crippen molar-refractivity contribution in [2.75, 3.05) is 7.11 Å². The van der Waals surface area contributed by atoms with Gasteiger partial charge < -0.3 is 4.74 Å². The lowest BCUT2D eigenvalue weighted by Crippen LogP contribution is -2.15. The standard InChI is InChI=1S/C17H17ClN2O/c1-21-12-5-6-13(14(18)9-12)17(7-8-17)16-19-10-11-3-2-4-15(11)20-16/h5-6,9-10H,2-4,7-8H2,1H3. The van der Waals surface area contributed by atoms with Crippen LogP contribution in [0.4, 0.5) is 0 Å². The molecule has 3 nitrogen and oxygen atoms in total. The van der Waals surface area contributed by atoms with Crippen molar-refractivity contribution in [2.45, 2.75) is 37.5 Å². The summed E-state index contributed by atoms with van der Waals surface area (Å²) in [5.41, 5.74) is 3.59. The first-order valence-corrected chi connectivity index (χ1v) is 7.80. The van der Waals surface area contributed by atoms with Gasteiger partial charge in [0.1, 0.15) is 11.6 Å². The molecule has 1 aromatic carbocycles. The smallest absolute Gasteiger partial charge is 0.139 e. The molecule has 0 radical (unpaired) electrons. The molecule has 2 aliphatic rings. The van der Waals surface area contributed by atoms with Crippen LogP contribution in [0.3, 0.4) is 0 Å². The van der Waals surface area contributed by atoms with E-state index in [0.717, 1.165) is 47.8 Å². The van der Waals surface area contributed by atoms with E-state index in [1.807, 2.05) is 18.3 Å². The molecule has 1 aromatic heterocycles. The number of aryl methyl sites for hydroxylation is 2. The van der Waals surface area contributed by atoms with E-state index >= 15 is 0 Å². The van der Waals surface area contributed by atoms with Crippen molar-refractivity contribution >= 4 is 11.6 Å². The van der Waals surface area contributed by atoms with Crippen LogP contribution in [0, 0.1) is 0 Å². The highest BCUT2D eigenvalue weighted by molar-refractivity contribution is 6.31. The van der Waals surface area contributed by atoms with Gasteiger partial charge in [0.05, 0.1) is 12.5 Å². The largest absolute Gasteiger partial charge is 0.497 e. The zero-order valence-corrected chi connectivity index (χ0v) is 12.8. The van der Waals surface area contributed by atoms with Gasteiger partial charge in [-0.1, -0.05) is 17.7 Å². The fraction of sp³-hybridized carbons (Fsp3) is 0.412. The second kappa shape index (κ2) is 4.70. The first-order chi connectivity index (χ1) is 10.2. The van der Waals surface area contributed by atoms with Crippen LogP contribution in [-0.4, -0.2) is 17.1 Å². The van der Waals surface area contributed by atoms with Crippen LogP contribution >= 0.6 is 11.6 Å². The van der Waals surface area contributed by atoms with E-state index in [-0.39, 0.29) is 5.41 Å². The Morgan fingerprint density at radius 1 is 1.24 bits per heavy atom. The van der Waals surface area contributed by atoms with Crippen LogP contribution in [0.15, 0.2) is 24.4 Å². The highest BCUT2D eigenvalue weighted by Crippen LogP contribution is 2.54. The quantitative estimate of drug-likeness (QED) is 0.867. The van der Waals surface area contributed by atoms with Gasteiger partial charge in [-0.05, 0) is 55.4 Å². The summed E-state index contributed by atoms with van der Waals surface area (Å²) in [6, 6.07) is 5.91. The van der Waals surface area contributed by atoms with Crippen molar-refractivity contribution < 1.29 is 4.74 Å². The molecule has 2 aliphatic carbocycles. The molecular formula is C17H17ClN2O. The number of fused-ring (bicyclic) bond motifs is 1. The van der Waals surface area contributed by atoms with Gasteiger partial charge in [0, 0.05) is 16.9 Å². The number of methoxy groups -OCH3 is 1. The van der Waals surface area contributed by atoms with Crippen molar-refractivity contribution in [1.29, 1.82) is 0 Å². The van der Waals surface area contributed by atoms with Gasteiger partial charge in [0.25, 0.3) is 0 Å². The average molecular weight is 301 g/mol. The van der Waals surface area contributed by atoms with Gasteiger partial charge in [-0.2, -0.15) is 0 Å². The number of hydrogen-bond acceptors (Lipinski definition) is 3. The van der Waals surface area contributed by atoms with Gasteiger partial charge in [-0.3, -0.25) is 0 Å². The number of aromatic nitrogens is 2. The van der Waals surface area contributed by atoms with Crippen LogP contribution in [-0.2, 0) is 18.3 Å². The Labute approximate surface area is 129 Å². The molecule has 0 saturated heterocycles. The molecular weight excluding hydrogens is 284 g/mol. The minimum Gasteiger partial charge on any atom is -0.497 e. The van der Waals surface area contributed by atoms with E-state index in [1.54, 1.807) is 7.11 Å². The fourth-order valence-corrected chi connectivity index (χ4v) is 3.64. The average Bonchev–Trinajstić information content (AvgIpc) is 3.17. The summed E-state index contributed by atoms with van der Waals surface area (Å²) in [6.45, 7) is 0. The Balaban J connectivity index is 1.77. The van der Waals surface area contributed by atoms with Gasteiger partial charge in [-0.15, -0.1) is 0 Å². The second-order valence-corrected chi connectivity index (χ2v) is 6.35. The zero-order chi connectivity index (χ0) is 14.4. The third-order valence-electron chi connectivity index (χ3n) is 4.68. The minimum atomic E-state index is -0.0824. The van der Waals surface area contributed by atoms with Crippen molar-refractivity contribution in [3.63, 3.8) is 0 Å². The summed E-state index contributed by atoms with van der Waals surface area (Å²) in [7, 11) is 1.65. The lowest BCUT2D eigenvalue weighted by molar-refractivity contribution is 0.414.